The number of hydrogen-bond acceptors (Lipinski definition) is 2. The molecule has 0 aliphatic heterocycles. The summed E-state index contributed by atoms with van der Waals surface area (Å²) in [6.45, 7) is 6.36. The Balaban J connectivity index is 2.69. The molecule has 1 N–H and O–H groups in total. The van der Waals surface area contributed by atoms with Gasteiger partial charge in [-0.2, -0.15) is 0 Å². The third kappa shape index (κ3) is 0.913. The molecule has 0 saturated carbocycles. The molecule has 64 valence electrons. The molecule has 4 nitrogen and oxygen atoms in total. The van der Waals surface area contributed by atoms with Gasteiger partial charge in [-0.3, -0.25) is 4.40 Å². The number of hydrogen-bond donors (Lipinski definition) is 1. The highest BCUT2D eigenvalue weighted by molar-refractivity contribution is 5.29. The first kappa shape index (κ1) is 7.34. The van der Waals surface area contributed by atoms with Gasteiger partial charge in [-0.25, -0.2) is 0 Å². The van der Waals surface area contributed by atoms with Crippen LogP contribution in [0.5, 0.6) is 0 Å². The minimum atomic E-state index is 0.0433. The van der Waals surface area contributed by atoms with E-state index in [1.807, 2.05) is 16.8 Å². The van der Waals surface area contributed by atoms with E-state index in [9.17, 15) is 0 Å². The predicted octanol–water partition coefficient (Wildman–Crippen LogP) is 1.35. The Morgan fingerprint density at radius 3 is 2.75 bits per heavy atom. The molecule has 0 saturated heterocycles. The zero-order valence-corrected chi connectivity index (χ0v) is 7.50. The van der Waals surface area contributed by atoms with E-state index < -0.39 is 0 Å². The Morgan fingerprint density at radius 2 is 2.08 bits per heavy atom. The lowest BCUT2D eigenvalue weighted by molar-refractivity contribution is 0.539. The molecule has 2 rings (SSSR count). The summed E-state index contributed by atoms with van der Waals surface area (Å²) in [6.07, 6.45) is 3.80. The zero-order valence-electron chi connectivity index (χ0n) is 7.50. The zero-order chi connectivity index (χ0) is 8.77. The lowest BCUT2D eigenvalue weighted by Crippen LogP contribution is -2.15. The Hall–Kier alpha value is -1.32. The summed E-state index contributed by atoms with van der Waals surface area (Å²) in [6, 6.07) is 0. The lowest BCUT2D eigenvalue weighted by Gasteiger charge is -2.14. The molecular formula is C8H12N4. The largest absolute Gasteiger partial charge is 0.329 e. The number of aromatic amines is 1. The smallest absolute Gasteiger partial charge is 0.232 e. The topological polar surface area (TPSA) is 46.0 Å². The summed E-state index contributed by atoms with van der Waals surface area (Å²) < 4.78 is 1.97. The summed E-state index contributed by atoms with van der Waals surface area (Å²) in [5.41, 5.74) is 0.0433. The minimum absolute atomic E-state index is 0.0433. The van der Waals surface area contributed by atoms with Gasteiger partial charge in [-0.1, -0.05) is 20.8 Å². The number of fused-ring (bicyclic) bond motifs is 1. The van der Waals surface area contributed by atoms with E-state index in [0.29, 0.717) is 0 Å². The molecule has 0 unspecified atom stereocenters. The molecule has 0 fully saturated rings. The maximum atomic E-state index is 4.11. The van der Waals surface area contributed by atoms with Crippen molar-refractivity contribution in [2.45, 2.75) is 26.2 Å². The number of aromatic nitrogens is 4. The highest BCUT2D eigenvalue weighted by Gasteiger charge is 2.20. The van der Waals surface area contributed by atoms with E-state index in [2.05, 4.69) is 36.0 Å². The lowest BCUT2D eigenvalue weighted by atomic mass is 9.96. The highest BCUT2D eigenvalue weighted by Crippen LogP contribution is 2.19. The molecular weight excluding hydrogens is 152 g/mol. The molecule has 2 heterocycles. The fourth-order valence-corrected chi connectivity index (χ4v) is 1.23. The van der Waals surface area contributed by atoms with Crippen LogP contribution in [0.3, 0.4) is 0 Å². The van der Waals surface area contributed by atoms with Crippen LogP contribution in [0.25, 0.3) is 5.78 Å². The SMILES string of the molecule is CC(C)(C)c1nnc2[nH]ccn12. The monoisotopic (exact) mass is 164 g/mol. The van der Waals surface area contributed by atoms with Crippen molar-refractivity contribution < 1.29 is 0 Å². The normalized spacial score (nSPS) is 12.6. The van der Waals surface area contributed by atoms with Crippen molar-refractivity contribution >= 4 is 5.78 Å². The summed E-state index contributed by atoms with van der Waals surface area (Å²) >= 11 is 0. The second kappa shape index (κ2) is 2.09. The van der Waals surface area contributed by atoms with E-state index >= 15 is 0 Å². The van der Waals surface area contributed by atoms with Crippen molar-refractivity contribution in [3.8, 4) is 0 Å². The van der Waals surface area contributed by atoms with Crippen molar-refractivity contribution in [1.82, 2.24) is 19.6 Å². The van der Waals surface area contributed by atoms with E-state index in [1.165, 1.54) is 0 Å². The number of imidazole rings is 1. The Kier molecular flexibility index (Phi) is 1.28. The summed E-state index contributed by atoms with van der Waals surface area (Å²) in [5.74, 6) is 1.79. The summed E-state index contributed by atoms with van der Waals surface area (Å²) in [7, 11) is 0. The van der Waals surface area contributed by atoms with Crippen LogP contribution in [0.2, 0.25) is 0 Å². The average Bonchev–Trinajstić information content (AvgIpc) is 2.37. The molecule has 0 radical (unpaired) electrons. The number of rotatable bonds is 0. The number of H-pyrrole nitrogens is 1. The second-order valence-electron chi connectivity index (χ2n) is 3.93. The fourth-order valence-electron chi connectivity index (χ4n) is 1.23. The molecule has 4 heteroatoms. The van der Waals surface area contributed by atoms with Crippen LogP contribution in [0.1, 0.15) is 26.6 Å². The van der Waals surface area contributed by atoms with Crippen molar-refractivity contribution in [2.75, 3.05) is 0 Å². The molecule has 0 aromatic carbocycles. The van der Waals surface area contributed by atoms with E-state index in [4.69, 9.17) is 0 Å². The van der Waals surface area contributed by atoms with Crippen LogP contribution in [0, 0.1) is 0 Å². The Labute approximate surface area is 70.6 Å². The van der Waals surface area contributed by atoms with Crippen LogP contribution >= 0.6 is 0 Å². The number of nitrogens with one attached hydrogen (secondary N) is 1. The van der Waals surface area contributed by atoms with Gasteiger partial charge < -0.3 is 4.98 Å². The van der Waals surface area contributed by atoms with E-state index in [-0.39, 0.29) is 5.41 Å². The van der Waals surface area contributed by atoms with Crippen LogP contribution in [-0.4, -0.2) is 19.6 Å². The van der Waals surface area contributed by atoms with Crippen molar-refractivity contribution in [3.63, 3.8) is 0 Å². The summed E-state index contributed by atoms with van der Waals surface area (Å²) in [5, 5.41) is 8.11. The van der Waals surface area contributed by atoms with Gasteiger partial charge >= 0.3 is 0 Å². The van der Waals surface area contributed by atoms with Gasteiger partial charge in [0.2, 0.25) is 5.78 Å². The van der Waals surface area contributed by atoms with Crippen molar-refractivity contribution in [3.05, 3.63) is 18.2 Å². The minimum Gasteiger partial charge on any atom is -0.329 e. The predicted molar refractivity (Wildman–Crippen MR) is 46.0 cm³/mol. The van der Waals surface area contributed by atoms with Crippen LogP contribution in [0.4, 0.5) is 0 Å². The molecule has 0 aliphatic carbocycles. The number of nitrogens with zero attached hydrogens (tertiary/aromatic N) is 3. The van der Waals surface area contributed by atoms with Crippen molar-refractivity contribution in [2.24, 2.45) is 0 Å². The fraction of sp³-hybridized carbons (Fsp3) is 0.500. The average molecular weight is 164 g/mol. The molecule has 2 aromatic heterocycles. The molecule has 0 atom stereocenters. The van der Waals surface area contributed by atoms with Crippen LogP contribution in [-0.2, 0) is 5.41 Å². The first-order chi connectivity index (χ1) is 5.59. The standard InChI is InChI=1S/C8H12N4/c1-8(2,3)6-10-11-7-9-4-5-12(6)7/h4-5H,1-3H3,(H,9,11). The van der Waals surface area contributed by atoms with Gasteiger partial charge in [0.05, 0.1) is 0 Å². The molecule has 0 bridgehead atoms. The van der Waals surface area contributed by atoms with Gasteiger partial charge in [0.25, 0.3) is 0 Å². The van der Waals surface area contributed by atoms with Crippen LogP contribution < -0.4 is 0 Å². The quantitative estimate of drug-likeness (QED) is 0.639. The van der Waals surface area contributed by atoms with Gasteiger partial charge in [0.1, 0.15) is 5.82 Å². The highest BCUT2D eigenvalue weighted by atomic mass is 15.3. The Bertz CT molecular complexity index is 390. The molecule has 0 aliphatic rings. The van der Waals surface area contributed by atoms with Gasteiger partial charge in [0, 0.05) is 17.8 Å². The second-order valence-corrected chi connectivity index (χ2v) is 3.93. The molecule has 2 aromatic rings. The third-order valence-corrected chi connectivity index (χ3v) is 1.80. The molecule has 0 spiro atoms. The van der Waals surface area contributed by atoms with Gasteiger partial charge in [-0.15, -0.1) is 10.2 Å². The van der Waals surface area contributed by atoms with E-state index in [1.54, 1.807) is 0 Å². The van der Waals surface area contributed by atoms with E-state index in [0.717, 1.165) is 11.6 Å². The van der Waals surface area contributed by atoms with Crippen molar-refractivity contribution in [1.29, 1.82) is 0 Å². The maximum Gasteiger partial charge on any atom is 0.232 e. The first-order valence-electron chi connectivity index (χ1n) is 3.97. The molecule has 0 amide bonds. The summed E-state index contributed by atoms with van der Waals surface area (Å²) in [4.78, 5) is 3.00. The third-order valence-electron chi connectivity index (χ3n) is 1.80. The molecule has 12 heavy (non-hydrogen) atoms. The van der Waals surface area contributed by atoms with Gasteiger partial charge in [0.15, 0.2) is 0 Å². The van der Waals surface area contributed by atoms with Crippen LogP contribution in [0.15, 0.2) is 12.4 Å². The maximum absolute atomic E-state index is 4.11. The first-order valence-corrected chi connectivity index (χ1v) is 3.97. The Morgan fingerprint density at radius 1 is 1.33 bits per heavy atom. The van der Waals surface area contributed by atoms with Gasteiger partial charge in [-0.05, 0) is 0 Å².